The van der Waals surface area contributed by atoms with E-state index in [1.807, 2.05) is 30.3 Å². The number of hydrogen-bond donors (Lipinski definition) is 1. The number of para-hydroxylation sites is 1. The topological polar surface area (TPSA) is 131 Å². The van der Waals surface area contributed by atoms with Crippen LogP contribution in [0.3, 0.4) is 0 Å². The van der Waals surface area contributed by atoms with Gasteiger partial charge in [-0.15, -0.1) is 0 Å². The minimum absolute atomic E-state index is 0.0163. The Kier molecular flexibility index (Phi) is 8.65. The normalized spacial score (nSPS) is 11.5. The Morgan fingerprint density at radius 2 is 1.71 bits per heavy atom. The number of hydrogen-bond acceptors (Lipinski definition) is 7. The maximum atomic E-state index is 13.3. The van der Waals surface area contributed by atoms with Crippen molar-refractivity contribution in [3.05, 3.63) is 100 Å². The molecule has 35 heavy (non-hydrogen) atoms. The number of carbonyl (C=O) groups excluding carboxylic acids is 1. The van der Waals surface area contributed by atoms with Crippen LogP contribution in [0.15, 0.2) is 88.9 Å². The maximum absolute atomic E-state index is 13.3. The zero-order valence-corrected chi connectivity index (χ0v) is 19.7. The molecule has 0 heterocycles. The number of nitro groups is 1. The van der Waals surface area contributed by atoms with Crippen LogP contribution in [0.5, 0.6) is 5.75 Å². The number of nitrogens with zero attached hydrogens (tertiary/aromatic N) is 3. The fourth-order valence-electron chi connectivity index (χ4n) is 3.21. The van der Waals surface area contributed by atoms with Crippen LogP contribution in [-0.4, -0.2) is 50.0 Å². The Morgan fingerprint density at radius 3 is 2.37 bits per heavy atom. The van der Waals surface area contributed by atoms with Crippen molar-refractivity contribution >= 4 is 27.8 Å². The summed E-state index contributed by atoms with van der Waals surface area (Å²) in [5.74, 6) is -0.188. The quantitative estimate of drug-likeness (QED) is 0.247. The summed E-state index contributed by atoms with van der Waals surface area (Å²) in [5.41, 5.74) is 3.19. The molecule has 0 unspecified atom stereocenters. The van der Waals surface area contributed by atoms with Gasteiger partial charge in [-0.05, 0) is 42.3 Å². The third-order valence-electron chi connectivity index (χ3n) is 5.04. The van der Waals surface area contributed by atoms with Gasteiger partial charge in [-0.25, -0.2) is 13.8 Å². The molecule has 3 rings (SSSR count). The lowest BCUT2D eigenvalue weighted by Crippen LogP contribution is -2.40. The number of carbonyl (C=O) groups is 1. The van der Waals surface area contributed by atoms with E-state index in [9.17, 15) is 23.3 Å². The SMILES string of the molecule is COc1ccc(S(=O)(=O)N(CCc2ccccc2)CC(=O)N/N=C\c2ccccc2[N+](=O)[O-])cc1. The molecule has 182 valence electrons. The van der Waals surface area contributed by atoms with E-state index in [1.54, 1.807) is 6.07 Å². The van der Waals surface area contributed by atoms with Crippen molar-refractivity contribution in [1.82, 2.24) is 9.73 Å². The van der Waals surface area contributed by atoms with Crippen LogP contribution in [0.1, 0.15) is 11.1 Å². The first-order valence-corrected chi connectivity index (χ1v) is 12.0. The monoisotopic (exact) mass is 496 g/mol. The number of nitrogens with one attached hydrogen (secondary N) is 1. The van der Waals surface area contributed by atoms with Crippen molar-refractivity contribution in [2.75, 3.05) is 20.2 Å². The third kappa shape index (κ3) is 6.95. The second-order valence-corrected chi connectivity index (χ2v) is 9.30. The molecule has 0 atom stereocenters. The standard InChI is InChI=1S/C24H24N4O6S/c1-34-21-11-13-22(14-12-21)35(32,33)27(16-15-19-7-3-2-4-8-19)18-24(29)26-25-17-20-9-5-6-10-23(20)28(30)31/h2-14,17H,15-16,18H2,1H3,(H,26,29)/b25-17-. The molecule has 0 aliphatic carbocycles. The molecule has 3 aromatic carbocycles. The molecule has 0 aliphatic rings. The first-order chi connectivity index (χ1) is 16.8. The van der Waals surface area contributed by atoms with Crippen LogP contribution < -0.4 is 10.2 Å². The van der Waals surface area contributed by atoms with Crippen LogP contribution >= 0.6 is 0 Å². The summed E-state index contributed by atoms with van der Waals surface area (Å²) in [6, 6.07) is 21.1. The molecule has 1 amide bonds. The second-order valence-electron chi connectivity index (χ2n) is 7.36. The maximum Gasteiger partial charge on any atom is 0.278 e. The van der Waals surface area contributed by atoms with Gasteiger partial charge >= 0.3 is 0 Å². The Hall–Kier alpha value is -4.09. The average molecular weight is 497 g/mol. The number of rotatable bonds is 11. The predicted octanol–water partition coefficient (Wildman–Crippen LogP) is 2.99. The van der Waals surface area contributed by atoms with Gasteiger partial charge in [0.15, 0.2) is 0 Å². The fraction of sp³-hybridized carbons (Fsp3) is 0.167. The molecule has 0 radical (unpaired) electrons. The number of benzene rings is 3. The zero-order valence-electron chi connectivity index (χ0n) is 18.9. The van der Waals surface area contributed by atoms with Gasteiger partial charge in [-0.1, -0.05) is 42.5 Å². The molecule has 3 aromatic rings. The Bertz CT molecular complexity index is 1300. The van der Waals surface area contributed by atoms with Gasteiger partial charge in [0.25, 0.3) is 11.6 Å². The number of amides is 1. The molecule has 0 saturated heterocycles. The smallest absolute Gasteiger partial charge is 0.278 e. The highest BCUT2D eigenvalue weighted by atomic mass is 32.2. The van der Waals surface area contributed by atoms with Crippen LogP contribution in [0.2, 0.25) is 0 Å². The zero-order chi connectivity index (χ0) is 25.3. The summed E-state index contributed by atoms with van der Waals surface area (Å²) in [6.07, 6.45) is 1.53. The largest absolute Gasteiger partial charge is 0.497 e. The first-order valence-electron chi connectivity index (χ1n) is 10.5. The van der Waals surface area contributed by atoms with Gasteiger partial charge in [0, 0.05) is 12.6 Å². The Labute approximate surface area is 203 Å². The summed E-state index contributed by atoms with van der Waals surface area (Å²) >= 11 is 0. The summed E-state index contributed by atoms with van der Waals surface area (Å²) in [6.45, 7) is -0.435. The first kappa shape index (κ1) is 25.5. The molecule has 10 nitrogen and oxygen atoms in total. The molecule has 0 bridgehead atoms. The van der Waals surface area contributed by atoms with E-state index in [0.29, 0.717) is 12.2 Å². The predicted molar refractivity (Wildman–Crippen MR) is 131 cm³/mol. The van der Waals surface area contributed by atoms with Crippen molar-refractivity contribution in [3.8, 4) is 5.75 Å². The van der Waals surface area contributed by atoms with Crippen molar-refractivity contribution in [3.63, 3.8) is 0 Å². The minimum atomic E-state index is -4.01. The van der Waals surface area contributed by atoms with E-state index >= 15 is 0 Å². The average Bonchev–Trinajstić information content (AvgIpc) is 2.87. The molecule has 0 fully saturated rings. The summed E-state index contributed by atoms with van der Waals surface area (Å²) in [5, 5.41) is 14.9. The number of nitro benzene ring substituents is 1. The van der Waals surface area contributed by atoms with Crippen LogP contribution in [0.4, 0.5) is 5.69 Å². The summed E-state index contributed by atoms with van der Waals surface area (Å²) < 4.78 is 32.7. The molecule has 1 N–H and O–H groups in total. The van der Waals surface area contributed by atoms with E-state index < -0.39 is 27.4 Å². The van der Waals surface area contributed by atoms with Crippen molar-refractivity contribution in [2.24, 2.45) is 5.10 Å². The lowest BCUT2D eigenvalue weighted by molar-refractivity contribution is -0.385. The molecule has 0 aromatic heterocycles. The van der Waals surface area contributed by atoms with E-state index in [4.69, 9.17) is 4.74 Å². The molecule has 11 heteroatoms. The van der Waals surface area contributed by atoms with Gasteiger partial charge in [-0.3, -0.25) is 14.9 Å². The Morgan fingerprint density at radius 1 is 1.06 bits per heavy atom. The van der Waals surface area contributed by atoms with Crippen molar-refractivity contribution in [1.29, 1.82) is 0 Å². The lowest BCUT2D eigenvalue weighted by Gasteiger charge is -2.21. The van der Waals surface area contributed by atoms with Gasteiger partial charge < -0.3 is 4.74 Å². The van der Waals surface area contributed by atoms with Crippen LogP contribution in [0, 0.1) is 10.1 Å². The summed E-state index contributed by atoms with van der Waals surface area (Å²) in [7, 11) is -2.53. The number of ether oxygens (including phenoxy) is 1. The van der Waals surface area contributed by atoms with Crippen LogP contribution in [-0.2, 0) is 21.2 Å². The van der Waals surface area contributed by atoms with Crippen molar-refractivity contribution < 1.29 is 22.9 Å². The number of hydrazone groups is 1. The highest BCUT2D eigenvalue weighted by molar-refractivity contribution is 7.89. The molecule has 0 spiro atoms. The van der Waals surface area contributed by atoms with E-state index in [1.165, 1.54) is 49.6 Å². The number of methoxy groups -OCH3 is 1. The van der Waals surface area contributed by atoms with E-state index in [2.05, 4.69) is 10.5 Å². The van der Waals surface area contributed by atoms with Gasteiger partial charge in [0.1, 0.15) is 5.75 Å². The van der Waals surface area contributed by atoms with Gasteiger partial charge in [0.05, 0.1) is 35.3 Å². The molecular weight excluding hydrogens is 472 g/mol. The second kappa shape index (κ2) is 11.9. The minimum Gasteiger partial charge on any atom is -0.497 e. The van der Waals surface area contributed by atoms with Crippen LogP contribution in [0.25, 0.3) is 0 Å². The third-order valence-corrected chi connectivity index (χ3v) is 6.90. The van der Waals surface area contributed by atoms with Gasteiger partial charge in [0.2, 0.25) is 10.0 Å². The highest BCUT2D eigenvalue weighted by Gasteiger charge is 2.26. The van der Waals surface area contributed by atoms with Crippen molar-refractivity contribution in [2.45, 2.75) is 11.3 Å². The highest BCUT2D eigenvalue weighted by Crippen LogP contribution is 2.20. The fourth-order valence-corrected chi connectivity index (χ4v) is 4.61. The van der Waals surface area contributed by atoms with Gasteiger partial charge in [-0.2, -0.15) is 9.41 Å². The molecule has 0 aliphatic heterocycles. The lowest BCUT2D eigenvalue weighted by atomic mass is 10.1. The molecular formula is C24H24N4O6S. The molecule has 0 saturated carbocycles. The van der Waals surface area contributed by atoms with E-state index in [-0.39, 0.29) is 22.7 Å². The Balaban J connectivity index is 1.76. The van der Waals surface area contributed by atoms with E-state index in [0.717, 1.165) is 16.1 Å². The summed E-state index contributed by atoms with van der Waals surface area (Å²) in [4.78, 5) is 23.1. The number of sulfonamides is 1.